The molecule has 0 atom stereocenters. The van der Waals surface area contributed by atoms with Crippen LogP contribution in [0.3, 0.4) is 0 Å². The molecule has 0 saturated heterocycles. The Morgan fingerprint density at radius 3 is 2.85 bits per heavy atom. The molecule has 0 aliphatic carbocycles. The number of hydrogen-bond acceptors (Lipinski definition) is 2. The Bertz CT molecular complexity index is 406. The second-order valence-corrected chi connectivity index (χ2v) is 2.65. The van der Waals surface area contributed by atoms with Gasteiger partial charge in [0.05, 0.1) is 10.7 Å². The Morgan fingerprint density at radius 1 is 1.54 bits per heavy atom. The Hall–Kier alpha value is -1.53. The van der Waals surface area contributed by atoms with Crippen molar-refractivity contribution in [2.45, 2.75) is 0 Å². The third-order valence-corrected chi connectivity index (χ3v) is 1.66. The molecule has 0 spiro atoms. The maximum Gasteiger partial charge on any atom is 0.193 e. The molecule has 0 radical (unpaired) electrons. The summed E-state index contributed by atoms with van der Waals surface area (Å²) in [6.07, 6.45) is 0.407. The zero-order valence-corrected chi connectivity index (χ0v) is 7.23. The Balaban J connectivity index is 3.23. The Morgan fingerprint density at radius 2 is 2.23 bits per heavy atom. The first-order chi connectivity index (χ1) is 6.15. The molecule has 2 N–H and O–H groups in total. The summed E-state index contributed by atoms with van der Waals surface area (Å²) < 4.78 is 12.8. The Labute approximate surface area is 79.5 Å². The number of hydrogen-bond donors (Lipinski definition) is 1. The summed E-state index contributed by atoms with van der Waals surface area (Å²) in [6.45, 7) is 0. The Kier molecular flexibility index (Phi) is 2.88. The predicted octanol–water partition coefficient (Wildman–Crippen LogP) is 1.61. The molecule has 4 heteroatoms. The van der Waals surface area contributed by atoms with Gasteiger partial charge in [0.1, 0.15) is 5.82 Å². The van der Waals surface area contributed by atoms with Gasteiger partial charge in [0.2, 0.25) is 0 Å². The summed E-state index contributed by atoms with van der Waals surface area (Å²) in [7, 11) is 0. The van der Waals surface area contributed by atoms with Gasteiger partial charge < -0.3 is 5.73 Å². The van der Waals surface area contributed by atoms with Gasteiger partial charge in [-0.3, -0.25) is 4.79 Å². The van der Waals surface area contributed by atoms with Crippen LogP contribution in [0.4, 0.5) is 10.1 Å². The van der Waals surface area contributed by atoms with E-state index in [4.69, 9.17) is 17.3 Å². The van der Waals surface area contributed by atoms with Crippen molar-refractivity contribution in [1.29, 1.82) is 0 Å². The molecule has 1 aromatic carbocycles. The van der Waals surface area contributed by atoms with E-state index >= 15 is 0 Å². The van der Waals surface area contributed by atoms with E-state index < -0.39 is 5.82 Å². The van der Waals surface area contributed by atoms with Gasteiger partial charge in [-0.15, -0.1) is 0 Å². The second kappa shape index (κ2) is 3.92. The molecule has 0 heterocycles. The molecule has 66 valence electrons. The lowest BCUT2D eigenvalue weighted by Crippen LogP contribution is -1.91. The number of halogens is 2. The highest BCUT2D eigenvalue weighted by Gasteiger charge is 2.03. The van der Waals surface area contributed by atoms with E-state index in [1.807, 2.05) is 0 Å². The largest absolute Gasteiger partial charge is 0.396 e. The molecule has 0 aliphatic rings. The van der Waals surface area contributed by atoms with Crippen molar-refractivity contribution in [2.24, 2.45) is 0 Å². The molecule has 0 saturated carbocycles. The first-order valence-corrected chi connectivity index (χ1v) is 3.72. The van der Waals surface area contributed by atoms with Crippen LogP contribution in [0.5, 0.6) is 0 Å². The third-order valence-electron chi connectivity index (χ3n) is 1.35. The van der Waals surface area contributed by atoms with Crippen LogP contribution >= 0.6 is 11.6 Å². The van der Waals surface area contributed by atoms with Gasteiger partial charge in [-0.25, -0.2) is 4.39 Å². The van der Waals surface area contributed by atoms with E-state index in [0.717, 1.165) is 6.07 Å². The van der Waals surface area contributed by atoms with Gasteiger partial charge >= 0.3 is 0 Å². The molecule has 0 amide bonds. The minimum Gasteiger partial charge on any atom is -0.396 e. The predicted molar refractivity (Wildman–Crippen MR) is 48.8 cm³/mol. The van der Waals surface area contributed by atoms with Crippen molar-refractivity contribution in [2.75, 3.05) is 5.73 Å². The number of aldehydes is 1. The number of nitrogens with two attached hydrogens (primary N) is 1. The summed E-state index contributed by atoms with van der Waals surface area (Å²) in [5, 5.41) is 0.230. The molecule has 2 nitrogen and oxygen atoms in total. The lowest BCUT2D eigenvalue weighted by Gasteiger charge is -1.99. The van der Waals surface area contributed by atoms with Crippen LogP contribution < -0.4 is 5.73 Å². The molecule has 1 aromatic rings. The fraction of sp³-hybridized carbons (Fsp3) is 0. The van der Waals surface area contributed by atoms with E-state index in [9.17, 15) is 9.18 Å². The smallest absolute Gasteiger partial charge is 0.193 e. The summed E-state index contributed by atoms with van der Waals surface area (Å²) in [5.41, 5.74) is 5.45. The zero-order chi connectivity index (χ0) is 9.84. The summed E-state index contributed by atoms with van der Waals surface area (Å²) in [6, 6.07) is 2.35. The van der Waals surface area contributed by atoms with E-state index in [1.54, 1.807) is 0 Å². The number of benzene rings is 1. The molecule has 0 bridgehead atoms. The molecular formula is C9H5ClFNO. The fourth-order valence-electron chi connectivity index (χ4n) is 0.765. The number of rotatable bonds is 0. The zero-order valence-electron chi connectivity index (χ0n) is 6.47. The van der Waals surface area contributed by atoms with Gasteiger partial charge in [0, 0.05) is 5.56 Å². The fourth-order valence-corrected chi connectivity index (χ4v) is 0.985. The van der Waals surface area contributed by atoms with Crippen molar-refractivity contribution < 1.29 is 9.18 Å². The summed E-state index contributed by atoms with van der Waals surface area (Å²) >= 11 is 5.67. The van der Waals surface area contributed by atoms with Crippen LogP contribution in [-0.2, 0) is 4.79 Å². The van der Waals surface area contributed by atoms with Crippen molar-refractivity contribution in [3.63, 3.8) is 0 Å². The molecule has 0 aliphatic heterocycles. The van der Waals surface area contributed by atoms with Crippen molar-refractivity contribution in [3.8, 4) is 11.8 Å². The third kappa shape index (κ3) is 2.20. The lowest BCUT2D eigenvalue weighted by atomic mass is 10.2. The van der Waals surface area contributed by atoms with E-state index in [1.165, 1.54) is 6.07 Å². The van der Waals surface area contributed by atoms with Gasteiger partial charge in [-0.1, -0.05) is 17.5 Å². The highest BCUT2D eigenvalue weighted by atomic mass is 35.5. The molecule has 0 aromatic heterocycles. The molecular weight excluding hydrogens is 193 g/mol. The highest BCUT2D eigenvalue weighted by Crippen LogP contribution is 2.21. The van der Waals surface area contributed by atoms with E-state index in [-0.39, 0.29) is 16.3 Å². The van der Waals surface area contributed by atoms with Crippen LogP contribution in [0.25, 0.3) is 0 Å². The van der Waals surface area contributed by atoms with Gasteiger partial charge in [-0.2, -0.15) is 0 Å². The normalized spacial score (nSPS) is 8.77. The average Bonchev–Trinajstić information content (AvgIpc) is 2.09. The van der Waals surface area contributed by atoms with Crippen LogP contribution in [0.15, 0.2) is 12.1 Å². The quantitative estimate of drug-likeness (QED) is 0.390. The van der Waals surface area contributed by atoms with Crippen LogP contribution in [0, 0.1) is 17.7 Å². The van der Waals surface area contributed by atoms with E-state index in [0.29, 0.717) is 6.29 Å². The minimum absolute atomic E-state index is 0.0401. The van der Waals surface area contributed by atoms with E-state index in [2.05, 4.69) is 11.8 Å². The van der Waals surface area contributed by atoms with Crippen molar-refractivity contribution >= 4 is 23.6 Å². The van der Waals surface area contributed by atoms with Gasteiger partial charge in [0.15, 0.2) is 6.29 Å². The van der Waals surface area contributed by atoms with Gasteiger partial charge in [0.25, 0.3) is 0 Å². The first-order valence-electron chi connectivity index (χ1n) is 3.35. The van der Waals surface area contributed by atoms with Gasteiger partial charge in [-0.05, 0) is 18.1 Å². The van der Waals surface area contributed by atoms with Crippen LogP contribution in [-0.4, -0.2) is 6.29 Å². The topological polar surface area (TPSA) is 43.1 Å². The highest BCUT2D eigenvalue weighted by molar-refractivity contribution is 6.32. The molecule has 13 heavy (non-hydrogen) atoms. The summed E-state index contributed by atoms with van der Waals surface area (Å²) in [4.78, 5) is 9.91. The number of carbonyl (C=O) groups is 1. The number of nitrogen functional groups attached to an aromatic ring is 1. The second-order valence-electron chi connectivity index (χ2n) is 2.24. The monoisotopic (exact) mass is 197 g/mol. The molecule has 1 rings (SSSR count). The lowest BCUT2D eigenvalue weighted by molar-refractivity contribution is -0.103. The first kappa shape index (κ1) is 9.56. The maximum atomic E-state index is 12.8. The molecule has 0 unspecified atom stereocenters. The standard InChI is InChI=1S/C9H5ClFNO/c10-7-5-9(12)8(11)4-6(7)2-1-3-13/h3-5H,12H2. The van der Waals surface area contributed by atoms with Crippen LogP contribution in [0.1, 0.15) is 5.56 Å². The van der Waals surface area contributed by atoms with Crippen molar-refractivity contribution in [3.05, 3.63) is 28.5 Å². The number of carbonyl (C=O) groups excluding carboxylic acids is 1. The summed E-state index contributed by atoms with van der Waals surface area (Å²) in [5.74, 6) is 3.92. The average molecular weight is 198 g/mol. The SMILES string of the molecule is Nc1cc(Cl)c(C#CC=O)cc1F. The minimum atomic E-state index is -0.598. The maximum absolute atomic E-state index is 12.8. The molecule has 0 fully saturated rings. The van der Waals surface area contributed by atoms with Crippen molar-refractivity contribution in [1.82, 2.24) is 0 Å². The number of anilines is 1. The van der Waals surface area contributed by atoms with Crippen LogP contribution in [0.2, 0.25) is 5.02 Å².